The Hall–Kier alpha value is -3.49. The average molecular weight is 813 g/mol. The molecule has 0 spiro atoms. The molecular formula is C35H44N2O12S4. The van der Waals surface area contributed by atoms with Gasteiger partial charge in [0.05, 0.1) is 31.1 Å². The molecule has 0 atom stereocenters. The number of benzene rings is 2. The van der Waals surface area contributed by atoms with Crippen molar-refractivity contribution in [3.63, 3.8) is 0 Å². The molecule has 290 valence electrons. The average Bonchev–Trinajstić information content (AvgIpc) is 3.36. The van der Waals surface area contributed by atoms with Crippen molar-refractivity contribution < 1.29 is 56.5 Å². The normalized spacial score (nSPS) is 18.3. The number of unbranched alkanes of at least 4 members (excludes halogenated alkanes) is 2. The highest BCUT2D eigenvalue weighted by Crippen LogP contribution is 2.48. The van der Waals surface area contributed by atoms with Crippen molar-refractivity contribution in [2.75, 3.05) is 29.5 Å². The number of hydrogen-bond donors (Lipinski definition) is 3. The number of rotatable bonds is 16. The van der Waals surface area contributed by atoms with Gasteiger partial charge in [-0.3, -0.25) is 13.7 Å². The van der Waals surface area contributed by atoms with E-state index < -0.39 is 62.8 Å². The first-order valence-corrected chi connectivity index (χ1v) is 22.7. The monoisotopic (exact) mass is 812 g/mol. The van der Waals surface area contributed by atoms with Crippen LogP contribution in [0.3, 0.4) is 0 Å². The van der Waals surface area contributed by atoms with Crippen LogP contribution in [0, 0.1) is 0 Å². The van der Waals surface area contributed by atoms with E-state index in [1.165, 1.54) is 24.3 Å². The van der Waals surface area contributed by atoms with Gasteiger partial charge in [0.2, 0.25) is 5.69 Å². The van der Waals surface area contributed by atoms with Gasteiger partial charge < -0.3 is 9.45 Å². The summed E-state index contributed by atoms with van der Waals surface area (Å²) in [5, 5.41) is 0. The van der Waals surface area contributed by atoms with E-state index in [9.17, 15) is 47.3 Å². The van der Waals surface area contributed by atoms with Gasteiger partial charge in [-0.2, -0.15) is 29.8 Å². The van der Waals surface area contributed by atoms with Crippen molar-refractivity contribution in [2.45, 2.75) is 74.0 Å². The molecule has 2 aliphatic heterocycles. The molecule has 53 heavy (non-hydrogen) atoms. The van der Waals surface area contributed by atoms with Crippen molar-refractivity contribution in [2.24, 2.45) is 0 Å². The smallest absolute Gasteiger partial charge is 0.294 e. The van der Waals surface area contributed by atoms with E-state index in [-0.39, 0.29) is 22.6 Å². The number of anilines is 1. The van der Waals surface area contributed by atoms with Crippen LogP contribution < -0.4 is 4.90 Å². The number of nitrogens with zero attached hydrogens (tertiary/aromatic N) is 2. The molecule has 14 nitrogen and oxygen atoms in total. The van der Waals surface area contributed by atoms with Gasteiger partial charge in [-0.05, 0) is 75.1 Å². The third-order valence-corrected chi connectivity index (χ3v) is 12.6. The molecule has 0 aromatic heterocycles. The summed E-state index contributed by atoms with van der Waals surface area (Å²) in [7, 11) is -17.4. The Balaban J connectivity index is 1.60. The van der Waals surface area contributed by atoms with Gasteiger partial charge >= 0.3 is 0 Å². The predicted octanol–water partition coefficient (Wildman–Crippen LogP) is 4.90. The molecule has 0 saturated carbocycles. The van der Waals surface area contributed by atoms with Crippen LogP contribution in [0.1, 0.15) is 64.5 Å². The van der Waals surface area contributed by atoms with Gasteiger partial charge in [-0.1, -0.05) is 44.2 Å². The standard InChI is InChI=1S/C35H44N2O12S4/c1-34(2)28-24-26(52(44,45)46)16-18-30(28)36(20-10-12-22-50(38,39)40)32(34)14-8-6-5-7-9-15-33-35(3,4)29-25-27(53(47,48)49)17-19-31(29)37(33)21-11-13-23-51(41,42)43/h5-9,14-19,24-25H,10-13,20-23H2,1-4H3,(H3-,38,39,40,41,42,43,44,45,46,47,48,49). The minimum absolute atomic E-state index is 0.143. The minimum atomic E-state index is -4.47. The molecule has 0 fully saturated rings. The lowest BCUT2D eigenvalue weighted by Gasteiger charge is -2.27. The van der Waals surface area contributed by atoms with Gasteiger partial charge in [-0.15, -0.1) is 0 Å². The fourth-order valence-corrected chi connectivity index (χ4v) is 8.84. The molecule has 0 radical (unpaired) electrons. The molecule has 2 aromatic rings. The summed E-state index contributed by atoms with van der Waals surface area (Å²) < 4.78 is 134. The van der Waals surface area contributed by atoms with E-state index in [1.54, 1.807) is 42.5 Å². The fourth-order valence-electron chi connectivity index (χ4n) is 6.70. The second-order valence-electron chi connectivity index (χ2n) is 13.9. The Morgan fingerprint density at radius 2 is 1.26 bits per heavy atom. The van der Waals surface area contributed by atoms with Crippen molar-refractivity contribution in [3.8, 4) is 0 Å². The van der Waals surface area contributed by atoms with Crippen molar-refractivity contribution in [1.29, 1.82) is 0 Å². The molecule has 0 bridgehead atoms. The maximum atomic E-state index is 11.9. The maximum Gasteiger partial charge on any atom is 0.294 e. The summed E-state index contributed by atoms with van der Waals surface area (Å²) in [6, 6.07) is 8.61. The lowest BCUT2D eigenvalue weighted by atomic mass is 9.81. The Labute approximate surface area is 311 Å². The van der Waals surface area contributed by atoms with Crippen molar-refractivity contribution >= 4 is 57.6 Å². The van der Waals surface area contributed by atoms with Crippen LogP contribution in [0.4, 0.5) is 11.4 Å². The molecule has 18 heteroatoms. The molecule has 4 rings (SSSR count). The maximum absolute atomic E-state index is 11.9. The van der Waals surface area contributed by atoms with Gasteiger partial charge in [0.15, 0.2) is 5.71 Å². The molecule has 0 aliphatic carbocycles. The van der Waals surface area contributed by atoms with E-state index in [0.29, 0.717) is 48.4 Å². The first kappa shape index (κ1) is 42.3. The Bertz CT molecular complexity index is 2350. The lowest BCUT2D eigenvalue weighted by molar-refractivity contribution is -0.438. The molecular weight excluding hydrogens is 769 g/mol. The van der Waals surface area contributed by atoms with Crippen LogP contribution in [-0.2, 0) is 51.3 Å². The van der Waals surface area contributed by atoms with Crippen LogP contribution in [0.2, 0.25) is 0 Å². The van der Waals surface area contributed by atoms with Crippen LogP contribution >= 0.6 is 0 Å². The molecule has 3 N–H and O–H groups in total. The zero-order chi connectivity index (χ0) is 39.6. The highest BCUT2D eigenvalue weighted by atomic mass is 32.2. The van der Waals surface area contributed by atoms with Crippen molar-refractivity contribution in [1.82, 2.24) is 0 Å². The fraction of sp³-hybridized carbons (Fsp3) is 0.400. The van der Waals surface area contributed by atoms with Crippen LogP contribution in [0.5, 0.6) is 0 Å². The minimum Gasteiger partial charge on any atom is -0.748 e. The van der Waals surface area contributed by atoms with E-state index in [0.717, 1.165) is 11.4 Å². The third-order valence-electron chi connectivity index (χ3n) is 9.34. The zero-order valence-corrected chi connectivity index (χ0v) is 33.0. The zero-order valence-electron chi connectivity index (χ0n) is 29.7. The highest BCUT2D eigenvalue weighted by molar-refractivity contribution is 7.86. The number of allylic oxidation sites excluding steroid dienone is 8. The summed E-state index contributed by atoms with van der Waals surface area (Å²) in [4.78, 5) is 1.43. The SMILES string of the molecule is CC1(C)C(=CC=CC=CC=CC2=[N+](CCCCS(=O)(=O)O)c3ccc(S(=O)(=O)O)cc3C2(C)C)N(CCCCS(=O)(=O)[O-])c2ccc(S(=O)(=O)O)cc21. The molecule has 2 aliphatic rings. The Morgan fingerprint density at radius 1 is 0.698 bits per heavy atom. The van der Waals surface area contributed by atoms with Crippen LogP contribution in [0.15, 0.2) is 94.4 Å². The van der Waals surface area contributed by atoms with E-state index in [2.05, 4.69) is 0 Å². The first-order valence-electron chi connectivity index (χ1n) is 16.6. The van der Waals surface area contributed by atoms with Gasteiger partial charge in [0, 0.05) is 53.2 Å². The van der Waals surface area contributed by atoms with Crippen LogP contribution in [-0.4, -0.2) is 86.8 Å². The molecule has 2 aromatic carbocycles. The summed E-state index contributed by atoms with van der Waals surface area (Å²) in [5.74, 6) is -0.899. The summed E-state index contributed by atoms with van der Waals surface area (Å²) in [6.45, 7) is 8.32. The summed E-state index contributed by atoms with van der Waals surface area (Å²) in [5.41, 5.74) is 2.84. The highest BCUT2D eigenvalue weighted by Gasteiger charge is 2.45. The molecule has 0 unspecified atom stereocenters. The Morgan fingerprint density at radius 3 is 1.87 bits per heavy atom. The largest absolute Gasteiger partial charge is 0.748 e. The molecule has 2 heterocycles. The first-order chi connectivity index (χ1) is 24.3. The van der Waals surface area contributed by atoms with Crippen molar-refractivity contribution in [3.05, 3.63) is 95.8 Å². The molecule has 0 saturated heterocycles. The van der Waals surface area contributed by atoms with Gasteiger partial charge in [0.25, 0.3) is 30.4 Å². The van der Waals surface area contributed by atoms with E-state index in [1.807, 2.05) is 49.3 Å². The van der Waals surface area contributed by atoms with E-state index in [4.69, 9.17) is 4.55 Å². The second kappa shape index (κ2) is 15.7. The molecule has 0 amide bonds. The lowest BCUT2D eigenvalue weighted by Crippen LogP contribution is -2.28. The van der Waals surface area contributed by atoms with E-state index >= 15 is 0 Å². The number of fused-ring (bicyclic) bond motifs is 2. The Kier molecular flexibility index (Phi) is 12.5. The topological polar surface area (TPSA) is 227 Å². The summed E-state index contributed by atoms with van der Waals surface area (Å²) in [6.07, 6.45) is 13.7. The van der Waals surface area contributed by atoms with Gasteiger partial charge in [-0.25, -0.2) is 8.42 Å². The predicted molar refractivity (Wildman–Crippen MR) is 201 cm³/mol. The second-order valence-corrected chi connectivity index (χ2v) is 19.8. The number of hydrogen-bond acceptors (Lipinski definition) is 10. The van der Waals surface area contributed by atoms with Crippen LogP contribution in [0.25, 0.3) is 0 Å². The third kappa shape index (κ3) is 10.4. The summed E-state index contributed by atoms with van der Waals surface area (Å²) >= 11 is 0. The quantitative estimate of drug-likeness (QED) is 0.0889. The van der Waals surface area contributed by atoms with Gasteiger partial charge in [0.1, 0.15) is 6.54 Å².